The largest absolute Gasteiger partial charge is 0.405 e. The molecule has 0 unspecified atom stereocenters. The molecule has 0 bridgehead atoms. The van der Waals surface area contributed by atoms with E-state index in [1.54, 1.807) is 7.11 Å². The Kier molecular flexibility index (Phi) is 8.29. The van der Waals surface area contributed by atoms with Crippen molar-refractivity contribution >= 4 is 25.0 Å². The van der Waals surface area contributed by atoms with Gasteiger partial charge < -0.3 is 23.4 Å². The average Bonchev–Trinajstić information content (AvgIpc) is 3.09. The van der Waals surface area contributed by atoms with Gasteiger partial charge in [0.2, 0.25) is 0 Å². The molecule has 0 spiro atoms. The summed E-state index contributed by atoms with van der Waals surface area (Å²) in [5.41, 5.74) is 0. The monoisotopic (exact) mass is 470 g/mol. The molecule has 2 aromatic rings. The van der Waals surface area contributed by atoms with Gasteiger partial charge in [-0.2, -0.15) is 0 Å². The van der Waals surface area contributed by atoms with E-state index in [0.717, 1.165) is 6.29 Å². The lowest BCUT2D eigenvalue weighted by Gasteiger charge is -2.43. The predicted octanol–water partition coefficient (Wildman–Crippen LogP) is 4.08. The maximum Gasteiger partial charge on any atom is 0.261 e. The maximum atomic E-state index is 11.0. The van der Waals surface area contributed by atoms with Crippen LogP contribution in [0.15, 0.2) is 60.7 Å². The van der Waals surface area contributed by atoms with Gasteiger partial charge in [-0.1, -0.05) is 81.4 Å². The van der Waals surface area contributed by atoms with Crippen LogP contribution in [0.3, 0.4) is 0 Å². The van der Waals surface area contributed by atoms with Crippen LogP contribution in [-0.2, 0) is 23.4 Å². The molecule has 0 radical (unpaired) electrons. The Morgan fingerprint density at radius 1 is 1.00 bits per heavy atom. The van der Waals surface area contributed by atoms with Crippen LogP contribution < -0.4 is 10.4 Å². The normalized spacial score (nSPS) is 21.6. The Balaban J connectivity index is 1.99. The second kappa shape index (κ2) is 10.6. The van der Waals surface area contributed by atoms with E-state index in [0.29, 0.717) is 19.4 Å². The molecule has 0 aliphatic carbocycles. The van der Waals surface area contributed by atoms with Gasteiger partial charge in [0.25, 0.3) is 8.32 Å². The van der Waals surface area contributed by atoms with E-state index < -0.39 is 14.1 Å². The van der Waals surface area contributed by atoms with Gasteiger partial charge >= 0.3 is 0 Å². The van der Waals surface area contributed by atoms with E-state index in [1.807, 2.05) is 26.0 Å². The van der Waals surface area contributed by atoms with Crippen molar-refractivity contribution in [2.45, 2.75) is 76.6 Å². The number of aldehydes is 1. The number of carbonyl (C=O) groups is 1. The summed E-state index contributed by atoms with van der Waals surface area (Å²) in [7, 11) is -1.04. The Morgan fingerprint density at radius 3 is 2.00 bits per heavy atom. The predicted molar refractivity (Wildman–Crippen MR) is 133 cm³/mol. The summed E-state index contributed by atoms with van der Waals surface area (Å²) < 4.78 is 25.4. The van der Waals surface area contributed by atoms with Crippen LogP contribution in [0.1, 0.15) is 47.5 Å². The molecule has 1 saturated heterocycles. The van der Waals surface area contributed by atoms with Crippen molar-refractivity contribution in [3.8, 4) is 0 Å². The molecule has 6 heteroatoms. The zero-order chi connectivity index (χ0) is 24.1. The van der Waals surface area contributed by atoms with E-state index in [4.69, 9.17) is 18.6 Å². The molecule has 0 aromatic heterocycles. The number of carbonyl (C=O) groups excluding carboxylic acids is 1. The van der Waals surface area contributed by atoms with Gasteiger partial charge in [-0.25, -0.2) is 0 Å². The first kappa shape index (κ1) is 25.8. The highest BCUT2D eigenvalue weighted by atomic mass is 28.4. The third-order valence-electron chi connectivity index (χ3n) is 6.34. The van der Waals surface area contributed by atoms with Crippen molar-refractivity contribution in [1.82, 2.24) is 0 Å². The van der Waals surface area contributed by atoms with Crippen molar-refractivity contribution in [2.24, 2.45) is 0 Å². The zero-order valence-corrected chi connectivity index (χ0v) is 21.7. The quantitative estimate of drug-likeness (QED) is 0.387. The minimum Gasteiger partial charge on any atom is -0.405 e. The number of rotatable bonds is 10. The fourth-order valence-corrected chi connectivity index (χ4v) is 9.49. The van der Waals surface area contributed by atoms with Gasteiger partial charge in [-0.15, -0.1) is 0 Å². The SMILES string of the molecule is CO[C@@H](CCC=O)[C@@H]1OC(C)(C)O[C@H]1CO[Si](c1ccccc1)(c1ccccc1)C(C)(C)C. The van der Waals surface area contributed by atoms with Crippen LogP contribution in [0.5, 0.6) is 0 Å². The van der Waals surface area contributed by atoms with Gasteiger partial charge in [0, 0.05) is 13.5 Å². The molecule has 3 atom stereocenters. The third-order valence-corrected chi connectivity index (χ3v) is 11.3. The Bertz CT molecular complexity index is 839. The van der Waals surface area contributed by atoms with Crippen molar-refractivity contribution in [1.29, 1.82) is 0 Å². The fraction of sp³-hybridized carbons (Fsp3) is 0.519. The maximum absolute atomic E-state index is 11.0. The molecule has 1 heterocycles. The van der Waals surface area contributed by atoms with Crippen LogP contribution in [0, 0.1) is 0 Å². The van der Waals surface area contributed by atoms with Gasteiger partial charge in [0.05, 0.1) is 12.7 Å². The summed E-state index contributed by atoms with van der Waals surface area (Å²) in [5.74, 6) is -0.748. The first-order chi connectivity index (χ1) is 15.6. The van der Waals surface area contributed by atoms with Gasteiger partial charge in [-0.05, 0) is 35.7 Å². The molecular formula is C27H38O5Si. The number of hydrogen-bond donors (Lipinski definition) is 0. The van der Waals surface area contributed by atoms with E-state index in [9.17, 15) is 4.79 Å². The van der Waals surface area contributed by atoms with Crippen molar-refractivity contribution in [3.05, 3.63) is 60.7 Å². The highest BCUT2D eigenvalue weighted by Gasteiger charge is 2.52. The highest BCUT2D eigenvalue weighted by Crippen LogP contribution is 2.38. The highest BCUT2D eigenvalue weighted by molar-refractivity contribution is 6.99. The van der Waals surface area contributed by atoms with E-state index in [1.165, 1.54) is 10.4 Å². The minimum atomic E-state index is -2.70. The van der Waals surface area contributed by atoms with E-state index in [2.05, 4.69) is 69.3 Å². The summed E-state index contributed by atoms with van der Waals surface area (Å²) in [5, 5.41) is 2.32. The van der Waals surface area contributed by atoms with E-state index in [-0.39, 0.29) is 23.4 Å². The first-order valence-electron chi connectivity index (χ1n) is 11.7. The van der Waals surface area contributed by atoms with Crippen LogP contribution in [0.2, 0.25) is 5.04 Å². The van der Waals surface area contributed by atoms with Crippen LogP contribution in [-0.4, -0.2) is 52.4 Å². The molecule has 0 N–H and O–H groups in total. The summed E-state index contributed by atoms with van der Waals surface area (Å²) in [6, 6.07) is 21.1. The van der Waals surface area contributed by atoms with Crippen molar-refractivity contribution in [3.63, 3.8) is 0 Å². The van der Waals surface area contributed by atoms with Gasteiger partial charge in [0.15, 0.2) is 5.79 Å². The molecule has 2 aromatic carbocycles. The number of methoxy groups -OCH3 is 1. The number of hydrogen-bond acceptors (Lipinski definition) is 5. The average molecular weight is 471 g/mol. The second-order valence-electron chi connectivity index (χ2n) is 10.1. The van der Waals surface area contributed by atoms with Crippen molar-refractivity contribution in [2.75, 3.05) is 13.7 Å². The lowest BCUT2D eigenvalue weighted by molar-refractivity contribution is -0.158. The molecular weight excluding hydrogens is 432 g/mol. The van der Waals surface area contributed by atoms with Crippen LogP contribution in [0.4, 0.5) is 0 Å². The molecule has 3 rings (SSSR count). The smallest absolute Gasteiger partial charge is 0.261 e. The second-order valence-corrected chi connectivity index (χ2v) is 14.4. The summed E-state index contributed by atoms with van der Waals surface area (Å²) >= 11 is 0. The lowest BCUT2D eigenvalue weighted by Crippen LogP contribution is -2.67. The summed E-state index contributed by atoms with van der Waals surface area (Å²) in [6.07, 6.45) is 1.05. The molecule has 33 heavy (non-hydrogen) atoms. The summed E-state index contributed by atoms with van der Waals surface area (Å²) in [6.45, 7) is 11.0. The molecule has 0 saturated carbocycles. The van der Waals surface area contributed by atoms with Gasteiger partial charge in [0.1, 0.15) is 18.5 Å². The molecule has 5 nitrogen and oxygen atoms in total. The Labute approximate surface area is 199 Å². The topological polar surface area (TPSA) is 54.0 Å². The van der Waals surface area contributed by atoms with E-state index >= 15 is 0 Å². The molecule has 180 valence electrons. The number of ether oxygens (including phenoxy) is 3. The Hall–Kier alpha value is -1.83. The minimum absolute atomic E-state index is 0.127. The Morgan fingerprint density at radius 2 is 1.55 bits per heavy atom. The standard InChI is InChI=1S/C27H38O5Si/c1-26(2,3)33(21-14-9-7-10-15-21,22-16-11-8-12-17-22)30-20-24-25(32-27(4,5)31-24)23(29-6)18-13-19-28/h7-12,14-17,19,23-25H,13,18,20H2,1-6H3/t23-,24-,25-/m0/s1. The first-order valence-corrected chi connectivity index (χ1v) is 13.6. The molecule has 1 aliphatic heterocycles. The zero-order valence-electron chi connectivity index (χ0n) is 20.7. The number of benzene rings is 2. The van der Waals surface area contributed by atoms with Crippen molar-refractivity contribution < 1.29 is 23.4 Å². The van der Waals surface area contributed by atoms with Crippen LogP contribution in [0.25, 0.3) is 0 Å². The third kappa shape index (κ3) is 5.64. The lowest BCUT2D eigenvalue weighted by atomic mass is 10.0. The van der Waals surface area contributed by atoms with Gasteiger partial charge in [-0.3, -0.25) is 0 Å². The molecule has 0 amide bonds. The van der Waals surface area contributed by atoms with Crippen LogP contribution >= 0.6 is 0 Å². The fourth-order valence-electron chi connectivity index (χ4n) is 4.92. The molecule has 1 fully saturated rings. The molecule has 1 aliphatic rings. The summed E-state index contributed by atoms with van der Waals surface area (Å²) in [4.78, 5) is 11.0.